The molecule has 4 aromatic rings. The summed E-state index contributed by atoms with van der Waals surface area (Å²) in [4.78, 5) is 11.8. The molecule has 0 radical (unpaired) electrons. The molecule has 0 spiro atoms. The third-order valence-corrected chi connectivity index (χ3v) is 3.69. The van der Waals surface area contributed by atoms with Gasteiger partial charge in [0.25, 0.3) is 0 Å². The lowest BCUT2D eigenvalue weighted by atomic mass is 10.1. The van der Waals surface area contributed by atoms with Gasteiger partial charge in [-0.15, -0.1) is 10.2 Å². The molecule has 0 aliphatic carbocycles. The third kappa shape index (κ3) is 4.01. The van der Waals surface area contributed by atoms with Crippen molar-refractivity contribution in [3.63, 3.8) is 0 Å². The Bertz CT molecular complexity index is 1010. The number of carbonyl (C=O) groups is 1. The quantitative estimate of drug-likeness (QED) is 0.479. The first-order chi connectivity index (χ1) is 13.3. The number of ether oxygens (including phenoxy) is 2. The Balaban J connectivity index is 1.43. The van der Waals surface area contributed by atoms with Crippen molar-refractivity contribution in [2.75, 3.05) is 0 Å². The minimum Gasteiger partial charge on any atom is -0.457 e. The first kappa shape index (κ1) is 16.5. The molecule has 6 nitrogen and oxygen atoms in total. The van der Waals surface area contributed by atoms with E-state index >= 15 is 0 Å². The highest BCUT2D eigenvalue weighted by Crippen LogP contribution is 2.25. The molecule has 27 heavy (non-hydrogen) atoms. The van der Waals surface area contributed by atoms with Gasteiger partial charge < -0.3 is 13.9 Å². The van der Waals surface area contributed by atoms with Gasteiger partial charge in [-0.2, -0.15) is 0 Å². The van der Waals surface area contributed by atoms with Crippen LogP contribution in [0.4, 0.5) is 0 Å². The average molecular weight is 358 g/mol. The fourth-order valence-corrected chi connectivity index (χ4v) is 2.39. The highest BCUT2D eigenvalue weighted by Gasteiger charge is 2.12. The van der Waals surface area contributed by atoms with Crippen LogP contribution in [-0.2, 0) is 0 Å². The van der Waals surface area contributed by atoms with Crippen molar-refractivity contribution in [2.24, 2.45) is 0 Å². The normalized spacial score (nSPS) is 10.4. The molecule has 6 heteroatoms. The van der Waals surface area contributed by atoms with Crippen LogP contribution in [0.1, 0.15) is 10.6 Å². The van der Waals surface area contributed by atoms with E-state index in [9.17, 15) is 4.79 Å². The van der Waals surface area contributed by atoms with E-state index in [0.717, 1.165) is 17.1 Å². The van der Waals surface area contributed by atoms with Gasteiger partial charge in [-0.05, 0) is 54.6 Å². The second-order valence-electron chi connectivity index (χ2n) is 5.56. The van der Waals surface area contributed by atoms with E-state index in [2.05, 4.69) is 10.2 Å². The fourth-order valence-electron chi connectivity index (χ4n) is 2.39. The van der Waals surface area contributed by atoms with Crippen LogP contribution in [0.15, 0.2) is 89.5 Å². The van der Waals surface area contributed by atoms with E-state index in [-0.39, 0.29) is 11.6 Å². The summed E-state index contributed by atoms with van der Waals surface area (Å²) in [6, 6.07) is 23.5. The zero-order chi connectivity index (χ0) is 18.5. The lowest BCUT2D eigenvalue weighted by Gasteiger charge is -2.06. The fraction of sp³-hybridized carbons (Fsp3) is 0. The molecule has 4 rings (SSSR count). The number of furan rings is 1. The number of aromatic nitrogens is 2. The Kier molecular flexibility index (Phi) is 4.61. The largest absolute Gasteiger partial charge is 0.457 e. The van der Waals surface area contributed by atoms with Crippen LogP contribution >= 0.6 is 0 Å². The van der Waals surface area contributed by atoms with E-state index in [1.54, 1.807) is 18.2 Å². The van der Waals surface area contributed by atoms with Crippen molar-refractivity contribution in [1.82, 2.24) is 10.2 Å². The second-order valence-corrected chi connectivity index (χ2v) is 5.56. The molecular weight excluding hydrogens is 344 g/mol. The minimum absolute atomic E-state index is 0.101. The molecule has 2 aromatic carbocycles. The Labute approximate surface area is 155 Å². The predicted octanol–water partition coefficient (Wildman–Crippen LogP) is 4.75. The van der Waals surface area contributed by atoms with Gasteiger partial charge in [-0.1, -0.05) is 18.2 Å². The minimum atomic E-state index is -0.621. The molecule has 0 amide bonds. The lowest BCUT2D eigenvalue weighted by Crippen LogP contribution is -2.08. The van der Waals surface area contributed by atoms with Crippen molar-refractivity contribution in [2.45, 2.75) is 0 Å². The molecule has 0 atom stereocenters. The Morgan fingerprint density at radius 2 is 1.56 bits per heavy atom. The summed E-state index contributed by atoms with van der Waals surface area (Å²) >= 11 is 0. The smallest absolute Gasteiger partial charge is 0.380 e. The van der Waals surface area contributed by atoms with Gasteiger partial charge >= 0.3 is 5.97 Å². The Morgan fingerprint density at radius 3 is 2.22 bits per heavy atom. The van der Waals surface area contributed by atoms with Crippen LogP contribution in [0, 0.1) is 0 Å². The molecule has 0 saturated heterocycles. The first-order valence-electron chi connectivity index (χ1n) is 8.21. The summed E-state index contributed by atoms with van der Waals surface area (Å²) in [5.41, 5.74) is 1.52. The molecule has 2 aromatic heterocycles. The van der Waals surface area contributed by atoms with Gasteiger partial charge in [0.2, 0.25) is 11.6 Å². The molecule has 0 bridgehead atoms. The van der Waals surface area contributed by atoms with Gasteiger partial charge in [0.1, 0.15) is 11.5 Å². The maximum Gasteiger partial charge on any atom is 0.380 e. The van der Waals surface area contributed by atoms with Crippen LogP contribution in [0.2, 0.25) is 0 Å². The molecule has 0 N–H and O–H groups in total. The number of hydrogen-bond acceptors (Lipinski definition) is 6. The van der Waals surface area contributed by atoms with Crippen molar-refractivity contribution >= 4 is 5.97 Å². The zero-order valence-electron chi connectivity index (χ0n) is 14.1. The zero-order valence-corrected chi connectivity index (χ0v) is 14.1. The summed E-state index contributed by atoms with van der Waals surface area (Å²) in [5.74, 6) is 1.08. The predicted molar refractivity (Wildman–Crippen MR) is 97.7 cm³/mol. The number of benzene rings is 2. The Hall–Kier alpha value is -3.93. The number of carbonyl (C=O) groups excluding carboxylic acids is 1. The number of esters is 1. The summed E-state index contributed by atoms with van der Waals surface area (Å²) < 4.78 is 15.9. The van der Waals surface area contributed by atoms with Gasteiger partial charge in [0, 0.05) is 11.6 Å². The van der Waals surface area contributed by atoms with Crippen LogP contribution in [0.25, 0.3) is 11.3 Å². The molecule has 0 saturated carbocycles. The molecule has 0 unspecified atom stereocenters. The van der Waals surface area contributed by atoms with E-state index < -0.39 is 5.97 Å². The summed E-state index contributed by atoms with van der Waals surface area (Å²) in [5, 5.41) is 8.03. The number of nitrogens with zero attached hydrogens (tertiary/aromatic N) is 2. The third-order valence-electron chi connectivity index (χ3n) is 3.69. The maximum absolute atomic E-state index is 11.8. The highest BCUT2D eigenvalue weighted by atomic mass is 16.6. The first-order valence-corrected chi connectivity index (χ1v) is 8.21. The SMILES string of the molecule is O=C(Oc1ccc(-c2ccc(Oc3ccccc3)cc2)nn1)c1ccco1. The summed E-state index contributed by atoms with van der Waals surface area (Å²) in [7, 11) is 0. The van der Waals surface area contributed by atoms with Crippen LogP contribution in [0.5, 0.6) is 17.4 Å². The summed E-state index contributed by atoms with van der Waals surface area (Å²) in [6.45, 7) is 0. The van der Waals surface area contributed by atoms with Gasteiger partial charge in [0.05, 0.1) is 12.0 Å². The molecule has 2 heterocycles. The van der Waals surface area contributed by atoms with Crippen molar-refractivity contribution in [3.05, 3.63) is 90.9 Å². The second kappa shape index (κ2) is 7.53. The van der Waals surface area contributed by atoms with E-state index in [0.29, 0.717) is 5.69 Å². The number of para-hydroxylation sites is 1. The Morgan fingerprint density at radius 1 is 0.778 bits per heavy atom. The molecule has 132 valence electrons. The van der Waals surface area contributed by atoms with Crippen LogP contribution in [0.3, 0.4) is 0 Å². The van der Waals surface area contributed by atoms with Crippen molar-refractivity contribution in [1.29, 1.82) is 0 Å². The van der Waals surface area contributed by atoms with Crippen LogP contribution < -0.4 is 9.47 Å². The van der Waals surface area contributed by atoms with Gasteiger partial charge in [-0.25, -0.2) is 4.79 Å². The van der Waals surface area contributed by atoms with E-state index in [1.165, 1.54) is 12.3 Å². The lowest BCUT2D eigenvalue weighted by molar-refractivity contribution is 0.0692. The van der Waals surface area contributed by atoms with Gasteiger partial charge in [0.15, 0.2) is 0 Å². The molecular formula is C21H14N2O4. The summed E-state index contributed by atoms with van der Waals surface area (Å²) in [6.07, 6.45) is 1.40. The monoisotopic (exact) mass is 358 g/mol. The van der Waals surface area contributed by atoms with E-state index in [4.69, 9.17) is 13.9 Å². The standard InChI is InChI=1S/C21H14N2O4/c24-21(19-7-4-14-25-19)27-20-13-12-18(22-23-20)15-8-10-17(11-9-15)26-16-5-2-1-3-6-16/h1-14H. The average Bonchev–Trinajstić information content (AvgIpc) is 3.25. The topological polar surface area (TPSA) is 74.5 Å². The van der Waals surface area contributed by atoms with Crippen molar-refractivity contribution in [3.8, 4) is 28.6 Å². The molecule has 0 fully saturated rings. The van der Waals surface area contributed by atoms with E-state index in [1.807, 2.05) is 54.6 Å². The number of rotatable bonds is 5. The van der Waals surface area contributed by atoms with Crippen molar-refractivity contribution < 1.29 is 18.7 Å². The number of hydrogen-bond donors (Lipinski definition) is 0. The molecule has 0 aliphatic heterocycles. The molecule has 0 aliphatic rings. The van der Waals surface area contributed by atoms with Crippen LogP contribution in [-0.4, -0.2) is 16.2 Å². The highest BCUT2D eigenvalue weighted by molar-refractivity contribution is 5.87. The van der Waals surface area contributed by atoms with Gasteiger partial charge in [-0.3, -0.25) is 0 Å². The maximum atomic E-state index is 11.8.